The lowest BCUT2D eigenvalue weighted by Gasteiger charge is -2.15. The van der Waals surface area contributed by atoms with Gasteiger partial charge in [-0.1, -0.05) is 0 Å². The molecule has 3 rings (SSSR count). The summed E-state index contributed by atoms with van der Waals surface area (Å²) in [6.07, 6.45) is 2.13. The van der Waals surface area contributed by atoms with Crippen molar-refractivity contribution in [2.45, 2.75) is 13.0 Å². The first-order valence-corrected chi connectivity index (χ1v) is 5.63. The number of nitrogens with one attached hydrogen (secondary N) is 2. The van der Waals surface area contributed by atoms with E-state index in [1.807, 2.05) is 0 Å². The summed E-state index contributed by atoms with van der Waals surface area (Å²) in [7, 11) is 1.30. The summed E-state index contributed by atoms with van der Waals surface area (Å²) in [5.74, 6) is -0.505. The van der Waals surface area contributed by atoms with Crippen LogP contribution in [0.2, 0.25) is 0 Å². The Hall–Kier alpha value is -2.15. The molecule has 2 N–H and O–H groups in total. The molecule has 0 saturated carbocycles. The number of methoxy groups -OCH3 is 1. The summed E-state index contributed by atoms with van der Waals surface area (Å²) in [4.78, 5) is 28.2. The van der Waals surface area contributed by atoms with Crippen LogP contribution in [0.15, 0.2) is 11.0 Å². The Morgan fingerprint density at radius 2 is 2.39 bits per heavy atom. The van der Waals surface area contributed by atoms with Crippen LogP contribution in [-0.2, 0) is 17.7 Å². The number of carbonyl (C=O) groups excluding carboxylic acids is 1. The number of hydrogen-bond donors (Lipinski definition) is 2. The minimum absolute atomic E-state index is 0.169. The second kappa shape index (κ2) is 3.95. The summed E-state index contributed by atoms with van der Waals surface area (Å²) in [5.41, 5.74) is 1.83. The molecule has 0 aromatic carbocycles. The van der Waals surface area contributed by atoms with Crippen molar-refractivity contribution in [2.75, 3.05) is 13.7 Å². The number of aromatic amines is 1. The van der Waals surface area contributed by atoms with E-state index in [-0.39, 0.29) is 11.1 Å². The number of H-pyrrole nitrogens is 1. The van der Waals surface area contributed by atoms with E-state index in [1.54, 1.807) is 0 Å². The Kier molecular flexibility index (Phi) is 2.41. The Bertz CT molecular complexity index is 685. The summed E-state index contributed by atoms with van der Waals surface area (Å²) < 4.78 is 5.94. The van der Waals surface area contributed by atoms with Gasteiger partial charge in [0.05, 0.1) is 18.4 Å². The van der Waals surface area contributed by atoms with Gasteiger partial charge in [-0.25, -0.2) is 14.3 Å². The first-order valence-electron chi connectivity index (χ1n) is 5.63. The molecule has 0 unspecified atom stereocenters. The molecule has 0 spiro atoms. The third-order valence-corrected chi connectivity index (χ3v) is 3.09. The number of aromatic nitrogens is 3. The second-order valence-electron chi connectivity index (χ2n) is 4.11. The zero-order valence-electron chi connectivity index (χ0n) is 9.82. The van der Waals surface area contributed by atoms with Crippen LogP contribution in [-0.4, -0.2) is 34.2 Å². The topological polar surface area (TPSA) is 88.5 Å². The first-order chi connectivity index (χ1) is 8.72. The fourth-order valence-electron chi connectivity index (χ4n) is 2.16. The first kappa shape index (κ1) is 11.0. The van der Waals surface area contributed by atoms with Crippen LogP contribution >= 0.6 is 0 Å². The minimum atomic E-state index is -0.505. The number of ether oxygens (including phenoxy) is 1. The van der Waals surface area contributed by atoms with Gasteiger partial charge < -0.3 is 10.1 Å². The third kappa shape index (κ3) is 1.44. The fourth-order valence-corrected chi connectivity index (χ4v) is 2.16. The van der Waals surface area contributed by atoms with Gasteiger partial charge in [-0.3, -0.25) is 9.89 Å². The van der Waals surface area contributed by atoms with Crippen LogP contribution < -0.4 is 10.9 Å². The monoisotopic (exact) mass is 248 g/mol. The third-order valence-electron chi connectivity index (χ3n) is 3.09. The van der Waals surface area contributed by atoms with Crippen LogP contribution in [0.1, 0.15) is 21.6 Å². The van der Waals surface area contributed by atoms with Crippen LogP contribution in [0.5, 0.6) is 0 Å². The lowest BCUT2D eigenvalue weighted by Crippen LogP contribution is -2.33. The van der Waals surface area contributed by atoms with Crippen molar-refractivity contribution in [3.05, 3.63) is 33.4 Å². The van der Waals surface area contributed by atoms with E-state index < -0.39 is 5.97 Å². The predicted octanol–water partition coefficient (Wildman–Crippen LogP) is -0.545. The molecule has 2 aromatic rings. The molecule has 3 heterocycles. The molecule has 0 amide bonds. The highest BCUT2D eigenvalue weighted by Crippen LogP contribution is 2.12. The molecule has 18 heavy (non-hydrogen) atoms. The van der Waals surface area contributed by atoms with Crippen molar-refractivity contribution in [1.82, 2.24) is 19.9 Å². The number of nitrogens with zero attached hydrogens (tertiary/aromatic N) is 2. The van der Waals surface area contributed by atoms with Crippen molar-refractivity contribution in [3.63, 3.8) is 0 Å². The minimum Gasteiger partial charge on any atom is -0.465 e. The normalized spacial score (nSPS) is 14.5. The molecular weight excluding hydrogens is 236 g/mol. The Labute approximate surface area is 102 Å². The highest BCUT2D eigenvalue weighted by Gasteiger charge is 2.21. The van der Waals surface area contributed by atoms with Gasteiger partial charge in [-0.15, -0.1) is 0 Å². The van der Waals surface area contributed by atoms with E-state index in [9.17, 15) is 9.59 Å². The zero-order valence-corrected chi connectivity index (χ0v) is 9.82. The number of hydrogen-bond acceptors (Lipinski definition) is 5. The van der Waals surface area contributed by atoms with E-state index in [0.29, 0.717) is 24.2 Å². The van der Waals surface area contributed by atoms with E-state index in [4.69, 9.17) is 0 Å². The van der Waals surface area contributed by atoms with Gasteiger partial charge in [0.2, 0.25) is 0 Å². The van der Waals surface area contributed by atoms with Crippen LogP contribution in [0.25, 0.3) is 5.65 Å². The van der Waals surface area contributed by atoms with Crippen molar-refractivity contribution >= 4 is 11.6 Å². The van der Waals surface area contributed by atoms with E-state index >= 15 is 0 Å². The maximum Gasteiger partial charge on any atom is 0.343 e. The maximum atomic E-state index is 12.2. The number of carbonyl (C=O) groups is 1. The second-order valence-corrected chi connectivity index (χ2v) is 4.11. The molecule has 0 saturated heterocycles. The van der Waals surface area contributed by atoms with Crippen LogP contribution in [0.4, 0.5) is 0 Å². The molecule has 0 bridgehead atoms. The molecule has 0 atom stereocenters. The van der Waals surface area contributed by atoms with Crippen molar-refractivity contribution in [2.24, 2.45) is 0 Å². The summed E-state index contributed by atoms with van der Waals surface area (Å²) in [6, 6.07) is 0. The van der Waals surface area contributed by atoms with E-state index in [0.717, 1.165) is 12.2 Å². The van der Waals surface area contributed by atoms with Gasteiger partial charge in [0.1, 0.15) is 5.56 Å². The van der Waals surface area contributed by atoms with Gasteiger partial charge >= 0.3 is 5.97 Å². The van der Waals surface area contributed by atoms with E-state index in [2.05, 4.69) is 20.1 Å². The standard InChI is InChI=1S/C11H12N4O3/c1-18-11(17)7-5-13-15-9(7)14-8-2-3-12-4-6(8)10(15)16/h5,12-13H,2-4H2,1H3. The molecule has 94 valence electrons. The van der Waals surface area contributed by atoms with Crippen molar-refractivity contribution in [3.8, 4) is 0 Å². The Balaban J connectivity index is 2.31. The fraction of sp³-hybridized carbons (Fsp3) is 0.364. The highest BCUT2D eigenvalue weighted by molar-refractivity contribution is 5.95. The Morgan fingerprint density at radius 1 is 1.56 bits per heavy atom. The summed E-state index contributed by atoms with van der Waals surface area (Å²) >= 11 is 0. The maximum absolute atomic E-state index is 12.2. The van der Waals surface area contributed by atoms with Crippen molar-refractivity contribution in [1.29, 1.82) is 0 Å². The number of fused-ring (bicyclic) bond motifs is 2. The van der Waals surface area contributed by atoms with Gasteiger partial charge in [-0.05, 0) is 0 Å². The summed E-state index contributed by atoms with van der Waals surface area (Å²) in [6.45, 7) is 1.30. The molecule has 0 aliphatic carbocycles. The van der Waals surface area contributed by atoms with Gasteiger partial charge in [0, 0.05) is 25.7 Å². The smallest absolute Gasteiger partial charge is 0.343 e. The predicted molar refractivity (Wildman–Crippen MR) is 62.6 cm³/mol. The lowest BCUT2D eigenvalue weighted by molar-refractivity contribution is 0.0602. The number of rotatable bonds is 1. The molecule has 1 aliphatic rings. The quantitative estimate of drug-likeness (QED) is 0.661. The highest BCUT2D eigenvalue weighted by atomic mass is 16.5. The van der Waals surface area contributed by atoms with Gasteiger partial charge in [-0.2, -0.15) is 0 Å². The van der Waals surface area contributed by atoms with Gasteiger partial charge in [0.15, 0.2) is 5.65 Å². The van der Waals surface area contributed by atoms with Crippen molar-refractivity contribution < 1.29 is 9.53 Å². The molecule has 0 radical (unpaired) electrons. The SMILES string of the molecule is COC(=O)c1c[nH]n2c(=O)c3c(nc12)CCNC3. The molecule has 1 aliphatic heterocycles. The molecule has 7 heteroatoms. The average molecular weight is 248 g/mol. The lowest BCUT2D eigenvalue weighted by atomic mass is 10.1. The number of esters is 1. The summed E-state index contributed by atoms with van der Waals surface area (Å²) in [5, 5.41) is 5.86. The largest absolute Gasteiger partial charge is 0.465 e. The molecular formula is C11H12N4O3. The zero-order chi connectivity index (χ0) is 12.7. The molecule has 0 fully saturated rings. The Morgan fingerprint density at radius 3 is 3.17 bits per heavy atom. The molecule has 2 aromatic heterocycles. The van der Waals surface area contributed by atoms with Crippen LogP contribution in [0, 0.1) is 0 Å². The van der Waals surface area contributed by atoms with Crippen LogP contribution in [0.3, 0.4) is 0 Å². The van der Waals surface area contributed by atoms with Gasteiger partial charge in [0.25, 0.3) is 5.56 Å². The average Bonchev–Trinajstić information content (AvgIpc) is 2.82. The van der Waals surface area contributed by atoms with E-state index in [1.165, 1.54) is 17.8 Å². The molecule has 7 nitrogen and oxygen atoms in total.